The molecule has 0 unspecified atom stereocenters. The van der Waals surface area contributed by atoms with Gasteiger partial charge in [-0.05, 0) is 42.3 Å². The highest BCUT2D eigenvalue weighted by atomic mass is 35.5. The second-order valence-corrected chi connectivity index (χ2v) is 4.44. The van der Waals surface area contributed by atoms with E-state index in [0.717, 1.165) is 11.1 Å². The number of nitrogens with zero attached hydrogens (tertiary/aromatic N) is 1. The minimum atomic E-state index is 0.439. The quantitative estimate of drug-likeness (QED) is 0.829. The highest BCUT2D eigenvalue weighted by Gasteiger charge is 2.02. The summed E-state index contributed by atoms with van der Waals surface area (Å²) in [5.74, 6) is 0.682. The third-order valence-corrected chi connectivity index (χ3v) is 2.88. The van der Waals surface area contributed by atoms with Crippen LogP contribution in [0, 0.1) is 18.3 Å². The Balaban J connectivity index is 2.07. The normalized spacial score (nSPS) is 9.83. The standard InChI is InChI=1S/C15H12ClNO/c1-11-2-7-14(16)15(8-11)18-10-13-5-3-12(9-17)4-6-13/h2-8H,10H2,1H3. The van der Waals surface area contributed by atoms with Gasteiger partial charge >= 0.3 is 0 Å². The number of aryl methyl sites for hydroxylation is 1. The van der Waals surface area contributed by atoms with Crippen molar-refractivity contribution in [2.75, 3.05) is 0 Å². The van der Waals surface area contributed by atoms with Crippen LogP contribution in [0.4, 0.5) is 0 Å². The Hall–Kier alpha value is -1.98. The minimum Gasteiger partial charge on any atom is -0.487 e. The van der Waals surface area contributed by atoms with Crippen molar-refractivity contribution in [3.05, 3.63) is 64.2 Å². The largest absolute Gasteiger partial charge is 0.487 e. The van der Waals surface area contributed by atoms with Gasteiger partial charge < -0.3 is 4.74 Å². The zero-order valence-electron chi connectivity index (χ0n) is 9.98. The first-order valence-corrected chi connectivity index (χ1v) is 5.95. The van der Waals surface area contributed by atoms with Gasteiger partial charge in [0.05, 0.1) is 16.7 Å². The molecule has 18 heavy (non-hydrogen) atoms. The molecule has 0 heterocycles. The zero-order chi connectivity index (χ0) is 13.0. The average molecular weight is 258 g/mol. The molecule has 0 aromatic heterocycles. The van der Waals surface area contributed by atoms with Gasteiger partial charge in [-0.2, -0.15) is 5.26 Å². The Morgan fingerprint density at radius 1 is 1.17 bits per heavy atom. The van der Waals surface area contributed by atoms with Crippen LogP contribution in [0.15, 0.2) is 42.5 Å². The van der Waals surface area contributed by atoms with Crippen molar-refractivity contribution in [2.24, 2.45) is 0 Å². The fourth-order valence-electron chi connectivity index (χ4n) is 1.56. The van der Waals surface area contributed by atoms with E-state index in [4.69, 9.17) is 21.6 Å². The van der Waals surface area contributed by atoms with E-state index in [2.05, 4.69) is 6.07 Å². The van der Waals surface area contributed by atoms with Crippen LogP contribution in [-0.4, -0.2) is 0 Å². The Morgan fingerprint density at radius 3 is 2.56 bits per heavy atom. The lowest BCUT2D eigenvalue weighted by atomic mass is 10.1. The number of ether oxygens (including phenoxy) is 1. The summed E-state index contributed by atoms with van der Waals surface area (Å²) < 4.78 is 5.66. The lowest BCUT2D eigenvalue weighted by Crippen LogP contribution is -1.96. The van der Waals surface area contributed by atoms with Crippen LogP contribution in [0.25, 0.3) is 0 Å². The number of hydrogen-bond donors (Lipinski definition) is 0. The van der Waals surface area contributed by atoms with Crippen LogP contribution < -0.4 is 4.74 Å². The summed E-state index contributed by atoms with van der Waals surface area (Å²) in [6, 6.07) is 15.1. The van der Waals surface area contributed by atoms with Gasteiger partial charge in [-0.25, -0.2) is 0 Å². The molecule has 0 saturated heterocycles. The topological polar surface area (TPSA) is 33.0 Å². The van der Waals surface area contributed by atoms with Crippen molar-refractivity contribution in [1.82, 2.24) is 0 Å². The first-order valence-electron chi connectivity index (χ1n) is 5.57. The van der Waals surface area contributed by atoms with Gasteiger partial charge in [0, 0.05) is 0 Å². The zero-order valence-corrected chi connectivity index (χ0v) is 10.7. The summed E-state index contributed by atoms with van der Waals surface area (Å²) in [6.07, 6.45) is 0. The molecule has 0 spiro atoms. The third-order valence-electron chi connectivity index (χ3n) is 2.56. The lowest BCUT2D eigenvalue weighted by Gasteiger charge is -2.08. The fraction of sp³-hybridized carbons (Fsp3) is 0.133. The van der Waals surface area contributed by atoms with Crippen LogP contribution in [0.3, 0.4) is 0 Å². The maximum atomic E-state index is 8.70. The van der Waals surface area contributed by atoms with Gasteiger partial charge in [-0.3, -0.25) is 0 Å². The van der Waals surface area contributed by atoms with Gasteiger partial charge in [0.25, 0.3) is 0 Å². The number of rotatable bonds is 3. The predicted molar refractivity (Wildman–Crippen MR) is 71.7 cm³/mol. The molecule has 0 bridgehead atoms. The number of nitriles is 1. The first-order chi connectivity index (χ1) is 8.69. The molecule has 0 aliphatic carbocycles. The molecular weight excluding hydrogens is 246 g/mol. The molecule has 2 nitrogen and oxygen atoms in total. The van der Waals surface area contributed by atoms with E-state index in [1.54, 1.807) is 12.1 Å². The van der Waals surface area contributed by atoms with Crippen molar-refractivity contribution in [1.29, 1.82) is 5.26 Å². The molecule has 3 heteroatoms. The summed E-state index contributed by atoms with van der Waals surface area (Å²) in [7, 11) is 0. The van der Waals surface area contributed by atoms with E-state index in [9.17, 15) is 0 Å². The van der Waals surface area contributed by atoms with Crippen LogP contribution in [0.2, 0.25) is 5.02 Å². The average Bonchev–Trinajstić information content (AvgIpc) is 2.40. The number of hydrogen-bond acceptors (Lipinski definition) is 2. The van der Waals surface area contributed by atoms with Crippen molar-refractivity contribution in [3.8, 4) is 11.8 Å². The Kier molecular flexibility index (Phi) is 3.86. The molecule has 0 radical (unpaired) electrons. The molecule has 0 fully saturated rings. The fourth-order valence-corrected chi connectivity index (χ4v) is 1.73. The SMILES string of the molecule is Cc1ccc(Cl)c(OCc2ccc(C#N)cc2)c1. The van der Waals surface area contributed by atoms with Gasteiger partial charge in [-0.1, -0.05) is 29.8 Å². The molecule has 0 aliphatic rings. The van der Waals surface area contributed by atoms with Crippen LogP contribution in [0.5, 0.6) is 5.75 Å². The van der Waals surface area contributed by atoms with E-state index in [1.165, 1.54) is 0 Å². The smallest absolute Gasteiger partial charge is 0.138 e. The van der Waals surface area contributed by atoms with E-state index in [-0.39, 0.29) is 0 Å². The monoisotopic (exact) mass is 257 g/mol. The Morgan fingerprint density at radius 2 is 1.89 bits per heavy atom. The number of halogens is 1. The van der Waals surface area contributed by atoms with Crippen LogP contribution in [0.1, 0.15) is 16.7 Å². The van der Waals surface area contributed by atoms with E-state index in [0.29, 0.717) is 22.9 Å². The van der Waals surface area contributed by atoms with Gasteiger partial charge in [-0.15, -0.1) is 0 Å². The van der Waals surface area contributed by atoms with Crippen molar-refractivity contribution in [3.63, 3.8) is 0 Å². The van der Waals surface area contributed by atoms with E-state index < -0.39 is 0 Å². The van der Waals surface area contributed by atoms with Gasteiger partial charge in [0.15, 0.2) is 0 Å². The summed E-state index contributed by atoms with van der Waals surface area (Å²) >= 11 is 6.04. The summed E-state index contributed by atoms with van der Waals surface area (Å²) in [5.41, 5.74) is 2.76. The van der Waals surface area contributed by atoms with Crippen LogP contribution in [-0.2, 0) is 6.61 Å². The first kappa shape index (κ1) is 12.5. The van der Waals surface area contributed by atoms with Crippen molar-refractivity contribution in [2.45, 2.75) is 13.5 Å². The molecule has 90 valence electrons. The molecule has 2 aromatic rings. The molecule has 2 aromatic carbocycles. The highest BCUT2D eigenvalue weighted by Crippen LogP contribution is 2.26. The van der Waals surface area contributed by atoms with Gasteiger partial charge in [0.1, 0.15) is 12.4 Å². The molecule has 0 amide bonds. The summed E-state index contributed by atoms with van der Waals surface area (Å²) in [4.78, 5) is 0. The maximum Gasteiger partial charge on any atom is 0.138 e. The second kappa shape index (κ2) is 5.57. The minimum absolute atomic E-state index is 0.439. The second-order valence-electron chi connectivity index (χ2n) is 4.03. The van der Waals surface area contributed by atoms with Crippen LogP contribution >= 0.6 is 11.6 Å². The van der Waals surface area contributed by atoms with Crippen molar-refractivity contribution < 1.29 is 4.74 Å². The molecule has 0 aliphatic heterocycles. The molecule has 0 atom stereocenters. The third kappa shape index (κ3) is 3.03. The highest BCUT2D eigenvalue weighted by molar-refractivity contribution is 6.32. The number of benzene rings is 2. The Labute approximate surface area is 111 Å². The summed E-state index contributed by atoms with van der Waals surface area (Å²) in [6.45, 7) is 2.43. The molecule has 0 saturated carbocycles. The van der Waals surface area contributed by atoms with Gasteiger partial charge in [0.2, 0.25) is 0 Å². The molecular formula is C15H12ClNO. The Bertz CT molecular complexity index is 584. The lowest BCUT2D eigenvalue weighted by molar-refractivity contribution is 0.306. The summed E-state index contributed by atoms with van der Waals surface area (Å²) in [5, 5.41) is 9.31. The molecule has 2 rings (SSSR count). The van der Waals surface area contributed by atoms with E-state index >= 15 is 0 Å². The predicted octanol–water partition coefficient (Wildman–Crippen LogP) is 4.10. The maximum absolute atomic E-state index is 8.70. The van der Waals surface area contributed by atoms with Crippen molar-refractivity contribution >= 4 is 11.6 Å². The van der Waals surface area contributed by atoms with E-state index in [1.807, 2.05) is 37.3 Å². The molecule has 0 N–H and O–H groups in total.